The summed E-state index contributed by atoms with van der Waals surface area (Å²) in [5.41, 5.74) is 1.44. The summed E-state index contributed by atoms with van der Waals surface area (Å²) in [7, 11) is 0. The number of urea groups is 1. The number of benzene rings is 2. The molecule has 0 saturated carbocycles. The van der Waals surface area contributed by atoms with Crippen molar-refractivity contribution in [3.63, 3.8) is 0 Å². The number of amides is 2. The second-order valence-corrected chi connectivity index (χ2v) is 6.59. The van der Waals surface area contributed by atoms with Gasteiger partial charge in [0.15, 0.2) is 0 Å². The van der Waals surface area contributed by atoms with Crippen molar-refractivity contribution >= 4 is 44.7 Å². The Bertz CT molecular complexity index is 906. The van der Waals surface area contributed by atoms with Gasteiger partial charge in [0.2, 0.25) is 0 Å². The Morgan fingerprint density at radius 2 is 2.00 bits per heavy atom. The normalized spacial score (nSPS) is 17.0. The lowest BCUT2D eigenvalue weighted by molar-refractivity contribution is 0.249. The second-order valence-electron chi connectivity index (χ2n) is 5.07. The Kier molecular flexibility index (Phi) is 2.99. The highest BCUT2D eigenvalue weighted by atomic mass is 35.5. The van der Waals surface area contributed by atoms with Crippen LogP contribution in [0.5, 0.6) is 5.75 Å². The fraction of sp³-hybridized carbons (Fsp3) is 0.0625. The highest BCUT2D eigenvalue weighted by Crippen LogP contribution is 2.45. The maximum atomic E-state index is 12.0. The molecule has 2 amide bonds. The summed E-state index contributed by atoms with van der Waals surface area (Å²) in [4.78, 5) is 13.0. The zero-order valence-corrected chi connectivity index (χ0v) is 12.8. The van der Waals surface area contributed by atoms with Crippen LogP contribution < -0.4 is 10.6 Å². The number of carbonyl (C=O) groups excluding carboxylic acids is 1. The van der Waals surface area contributed by atoms with Crippen LogP contribution in [-0.2, 0) is 0 Å². The molecule has 1 aromatic heterocycles. The van der Waals surface area contributed by atoms with E-state index in [0.29, 0.717) is 10.6 Å². The van der Waals surface area contributed by atoms with Gasteiger partial charge in [-0.15, -0.1) is 11.3 Å². The first-order chi connectivity index (χ1) is 10.6. The summed E-state index contributed by atoms with van der Waals surface area (Å²) in [6.07, 6.45) is 0. The highest BCUT2D eigenvalue weighted by Gasteiger charge is 2.30. The molecule has 110 valence electrons. The van der Waals surface area contributed by atoms with E-state index in [9.17, 15) is 9.90 Å². The van der Waals surface area contributed by atoms with Crippen LogP contribution >= 0.6 is 22.9 Å². The molecule has 2 aromatic carbocycles. The van der Waals surface area contributed by atoms with E-state index in [2.05, 4.69) is 10.6 Å². The van der Waals surface area contributed by atoms with E-state index in [4.69, 9.17) is 11.6 Å². The van der Waals surface area contributed by atoms with Gasteiger partial charge in [-0.05, 0) is 24.3 Å². The summed E-state index contributed by atoms with van der Waals surface area (Å²) in [6.45, 7) is 0. The number of hydrogen-bond acceptors (Lipinski definition) is 3. The smallest absolute Gasteiger partial charge is 0.320 e. The largest absolute Gasteiger partial charge is 0.508 e. The lowest BCUT2D eigenvalue weighted by Crippen LogP contribution is -2.37. The number of aromatic hydroxyl groups is 1. The average Bonchev–Trinajstić information content (AvgIpc) is 2.85. The quantitative estimate of drug-likeness (QED) is 0.616. The number of rotatable bonds is 1. The van der Waals surface area contributed by atoms with Gasteiger partial charge in [-0.3, -0.25) is 0 Å². The number of hydrogen-bond donors (Lipinski definition) is 3. The van der Waals surface area contributed by atoms with Crippen molar-refractivity contribution in [2.24, 2.45) is 0 Å². The van der Waals surface area contributed by atoms with Crippen LogP contribution in [-0.4, -0.2) is 11.1 Å². The van der Waals surface area contributed by atoms with Gasteiger partial charge in [-0.1, -0.05) is 29.8 Å². The van der Waals surface area contributed by atoms with E-state index in [1.807, 2.05) is 30.3 Å². The number of phenolic OH excluding ortho intramolecular Hbond substituents is 1. The standard InChI is InChI=1S/C16H11ClN2O2S/c17-8-5-6-12-10(7-8)14-15(22-12)13(18-16(21)19-14)9-3-1-2-4-11(9)20/h1-7,13,20H,(H2,18,19,21). The molecule has 0 fully saturated rings. The van der Waals surface area contributed by atoms with Gasteiger partial charge in [0.1, 0.15) is 5.75 Å². The van der Waals surface area contributed by atoms with Crippen molar-refractivity contribution < 1.29 is 9.90 Å². The number of thiophene rings is 1. The van der Waals surface area contributed by atoms with E-state index < -0.39 is 0 Å². The number of nitrogens with one attached hydrogen (secondary N) is 2. The third-order valence-electron chi connectivity index (χ3n) is 3.70. The number of phenols is 1. The van der Waals surface area contributed by atoms with Gasteiger partial charge in [0.25, 0.3) is 0 Å². The van der Waals surface area contributed by atoms with Gasteiger partial charge >= 0.3 is 6.03 Å². The first-order valence-electron chi connectivity index (χ1n) is 6.71. The molecule has 1 aliphatic rings. The van der Waals surface area contributed by atoms with E-state index >= 15 is 0 Å². The maximum Gasteiger partial charge on any atom is 0.320 e. The number of carbonyl (C=O) groups is 1. The molecule has 2 heterocycles. The van der Waals surface area contributed by atoms with Crippen molar-refractivity contribution in [3.05, 3.63) is 57.9 Å². The van der Waals surface area contributed by atoms with Crippen molar-refractivity contribution in [2.45, 2.75) is 6.04 Å². The van der Waals surface area contributed by atoms with Crippen LogP contribution in [0.3, 0.4) is 0 Å². The summed E-state index contributed by atoms with van der Waals surface area (Å²) in [6, 6.07) is 12.0. The van der Waals surface area contributed by atoms with Crippen LogP contribution in [0.1, 0.15) is 16.5 Å². The van der Waals surface area contributed by atoms with E-state index in [-0.39, 0.29) is 17.8 Å². The second kappa shape index (κ2) is 4.90. The predicted octanol–water partition coefficient (Wildman–Crippen LogP) is 4.48. The summed E-state index contributed by atoms with van der Waals surface area (Å²) in [5, 5.41) is 17.4. The maximum absolute atomic E-state index is 12.0. The molecule has 6 heteroatoms. The molecule has 0 aliphatic carbocycles. The third-order valence-corrected chi connectivity index (χ3v) is 5.17. The summed E-state index contributed by atoms with van der Waals surface area (Å²) < 4.78 is 1.04. The third kappa shape index (κ3) is 2.01. The van der Waals surface area contributed by atoms with Gasteiger partial charge < -0.3 is 15.7 Å². The van der Waals surface area contributed by atoms with Gasteiger partial charge in [-0.2, -0.15) is 0 Å². The molecule has 4 nitrogen and oxygen atoms in total. The SMILES string of the molecule is O=C1Nc2c(sc3ccc(Cl)cc23)C(c2ccccc2O)N1. The summed E-state index contributed by atoms with van der Waals surface area (Å²) >= 11 is 7.64. The van der Waals surface area contributed by atoms with Crippen LogP contribution in [0.15, 0.2) is 42.5 Å². The minimum absolute atomic E-state index is 0.163. The Labute approximate surface area is 135 Å². The van der Waals surface area contributed by atoms with Crippen LogP contribution in [0.2, 0.25) is 5.02 Å². The molecular formula is C16H11ClN2O2S. The van der Waals surface area contributed by atoms with E-state index in [1.165, 1.54) is 0 Å². The van der Waals surface area contributed by atoms with Crippen LogP contribution in [0.25, 0.3) is 10.1 Å². The Morgan fingerprint density at radius 1 is 1.18 bits per heavy atom. The number of halogens is 1. The molecule has 0 saturated heterocycles. The van der Waals surface area contributed by atoms with Gasteiger partial charge in [-0.25, -0.2) is 4.79 Å². The zero-order chi connectivity index (χ0) is 15.3. The number of para-hydroxylation sites is 1. The topological polar surface area (TPSA) is 61.4 Å². The molecule has 0 spiro atoms. The average molecular weight is 331 g/mol. The fourth-order valence-corrected chi connectivity index (χ4v) is 4.10. The lowest BCUT2D eigenvalue weighted by Gasteiger charge is -2.25. The minimum atomic E-state index is -0.374. The van der Waals surface area contributed by atoms with Gasteiger partial charge in [0.05, 0.1) is 16.6 Å². The molecule has 0 bridgehead atoms. The molecule has 0 radical (unpaired) electrons. The Balaban J connectivity index is 1.96. The zero-order valence-electron chi connectivity index (χ0n) is 11.3. The number of fused-ring (bicyclic) bond motifs is 3. The van der Waals surface area contributed by atoms with E-state index in [0.717, 1.165) is 20.7 Å². The van der Waals surface area contributed by atoms with Crippen molar-refractivity contribution in [1.29, 1.82) is 0 Å². The Morgan fingerprint density at radius 3 is 2.82 bits per heavy atom. The first-order valence-corrected chi connectivity index (χ1v) is 7.90. The molecule has 1 atom stereocenters. The molecule has 3 aromatic rings. The fourth-order valence-electron chi connectivity index (χ4n) is 2.72. The highest BCUT2D eigenvalue weighted by molar-refractivity contribution is 7.20. The summed E-state index contributed by atoms with van der Waals surface area (Å²) in [5.74, 6) is 0.163. The molecule has 22 heavy (non-hydrogen) atoms. The minimum Gasteiger partial charge on any atom is -0.508 e. The molecular weight excluding hydrogens is 320 g/mol. The Hall–Kier alpha value is -2.24. The molecule has 1 aliphatic heterocycles. The molecule has 3 N–H and O–H groups in total. The lowest BCUT2D eigenvalue weighted by atomic mass is 10.0. The monoisotopic (exact) mass is 330 g/mol. The van der Waals surface area contributed by atoms with Crippen LogP contribution in [0, 0.1) is 0 Å². The first kappa shape index (κ1) is 13.4. The van der Waals surface area contributed by atoms with Crippen molar-refractivity contribution in [3.8, 4) is 5.75 Å². The van der Waals surface area contributed by atoms with Gasteiger partial charge in [0, 0.05) is 20.7 Å². The van der Waals surface area contributed by atoms with E-state index in [1.54, 1.807) is 23.5 Å². The number of anilines is 1. The molecule has 4 rings (SSSR count). The van der Waals surface area contributed by atoms with Crippen molar-refractivity contribution in [1.82, 2.24) is 5.32 Å². The molecule has 1 unspecified atom stereocenters. The van der Waals surface area contributed by atoms with Crippen LogP contribution in [0.4, 0.5) is 10.5 Å². The predicted molar refractivity (Wildman–Crippen MR) is 88.9 cm³/mol. The van der Waals surface area contributed by atoms with Crippen molar-refractivity contribution in [2.75, 3.05) is 5.32 Å².